The second-order valence-corrected chi connectivity index (χ2v) is 4.47. The first-order chi connectivity index (χ1) is 7.42. The summed E-state index contributed by atoms with van der Waals surface area (Å²) < 4.78 is 5.56. The maximum atomic E-state index is 5.56. The first kappa shape index (κ1) is 10.7. The number of rotatable bonds is 4. The molecule has 15 heavy (non-hydrogen) atoms. The van der Waals surface area contributed by atoms with Gasteiger partial charge in [-0.3, -0.25) is 0 Å². The molecule has 2 nitrogen and oxygen atoms in total. The molecule has 0 bridgehead atoms. The van der Waals surface area contributed by atoms with Crippen LogP contribution in [0.5, 0.6) is 0 Å². The van der Waals surface area contributed by atoms with E-state index in [4.69, 9.17) is 4.42 Å². The molecule has 0 aliphatic heterocycles. The third kappa shape index (κ3) is 2.63. The van der Waals surface area contributed by atoms with Gasteiger partial charge in [0.15, 0.2) is 0 Å². The van der Waals surface area contributed by atoms with Crippen molar-refractivity contribution in [3.8, 4) is 0 Å². The summed E-state index contributed by atoms with van der Waals surface area (Å²) in [4.78, 5) is 0. The molecule has 1 aliphatic rings. The maximum Gasteiger partial charge on any atom is 0.107 e. The molecule has 1 aromatic rings. The van der Waals surface area contributed by atoms with Crippen molar-refractivity contribution in [1.29, 1.82) is 0 Å². The molecular weight excluding hydrogens is 186 g/mol. The van der Waals surface area contributed by atoms with Crippen molar-refractivity contribution in [1.82, 2.24) is 5.32 Å². The predicted octanol–water partition coefficient (Wildman–Crippen LogP) is 3.16. The second-order valence-electron chi connectivity index (χ2n) is 4.47. The quantitative estimate of drug-likeness (QED) is 0.820. The van der Waals surface area contributed by atoms with Crippen LogP contribution in [0.15, 0.2) is 22.8 Å². The molecule has 1 aliphatic carbocycles. The number of nitrogens with one attached hydrogen (secondary N) is 1. The van der Waals surface area contributed by atoms with Crippen molar-refractivity contribution in [3.05, 3.63) is 24.2 Å². The van der Waals surface area contributed by atoms with Gasteiger partial charge >= 0.3 is 0 Å². The van der Waals surface area contributed by atoms with E-state index in [9.17, 15) is 0 Å². The lowest BCUT2D eigenvalue weighted by Crippen LogP contribution is -2.29. The molecule has 0 aromatic carbocycles. The van der Waals surface area contributed by atoms with Gasteiger partial charge in [0.25, 0.3) is 0 Å². The molecule has 2 rings (SSSR count). The number of hydrogen-bond donors (Lipinski definition) is 1. The maximum absolute atomic E-state index is 5.56. The Labute approximate surface area is 92.1 Å². The van der Waals surface area contributed by atoms with Crippen molar-refractivity contribution >= 4 is 0 Å². The normalized spacial score (nSPS) is 26.7. The molecule has 0 radical (unpaired) electrons. The minimum absolute atomic E-state index is 0.646. The van der Waals surface area contributed by atoms with Gasteiger partial charge in [-0.15, -0.1) is 0 Å². The smallest absolute Gasteiger partial charge is 0.107 e. The van der Waals surface area contributed by atoms with Crippen LogP contribution in [-0.2, 0) is 0 Å². The molecule has 2 atom stereocenters. The zero-order chi connectivity index (χ0) is 10.5. The average Bonchev–Trinajstić information content (AvgIpc) is 2.80. The molecule has 1 fully saturated rings. The van der Waals surface area contributed by atoms with Crippen molar-refractivity contribution in [2.45, 2.75) is 38.5 Å². The Morgan fingerprint density at radius 2 is 2.27 bits per heavy atom. The third-order valence-corrected chi connectivity index (χ3v) is 3.47. The Morgan fingerprint density at radius 1 is 1.40 bits per heavy atom. The van der Waals surface area contributed by atoms with Crippen LogP contribution >= 0.6 is 0 Å². The van der Waals surface area contributed by atoms with E-state index in [1.807, 2.05) is 6.07 Å². The molecule has 1 saturated carbocycles. The average molecular weight is 207 g/mol. The molecule has 1 N–H and O–H groups in total. The first-order valence-electron chi connectivity index (χ1n) is 6.16. The Balaban J connectivity index is 1.99. The minimum Gasteiger partial charge on any atom is -0.469 e. The highest BCUT2D eigenvalue weighted by Crippen LogP contribution is 2.37. The lowest BCUT2D eigenvalue weighted by atomic mass is 9.78. The fourth-order valence-corrected chi connectivity index (χ4v) is 2.66. The van der Waals surface area contributed by atoms with Crippen LogP contribution in [0.2, 0.25) is 0 Å². The van der Waals surface area contributed by atoms with Gasteiger partial charge in [0.2, 0.25) is 0 Å². The lowest BCUT2D eigenvalue weighted by Gasteiger charge is -2.30. The van der Waals surface area contributed by atoms with E-state index in [1.54, 1.807) is 6.26 Å². The SMILES string of the molecule is CCNCC1CCCCC1c1ccco1. The Hall–Kier alpha value is -0.760. The summed E-state index contributed by atoms with van der Waals surface area (Å²) in [5.41, 5.74) is 0. The van der Waals surface area contributed by atoms with Gasteiger partial charge in [0, 0.05) is 5.92 Å². The number of furan rings is 1. The van der Waals surface area contributed by atoms with Gasteiger partial charge in [-0.05, 0) is 44.0 Å². The van der Waals surface area contributed by atoms with Gasteiger partial charge in [-0.2, -0.15) is 0 Å². The van der Waals surface area contributed by atoms with E-state index in [0.717, 1.165) is 19.0 Å². The highest BCUT2D eigenvalue weighted by molar-refractivity contribution is 5.08. The summed E-state index contributed by atoms with van der Waals surface area (Å²) in [6.07, 6.45) is 7.18. The molecule has 0 spiro atoms. The van der Waals surface area contributed by atoms with Crippen LogP contribution in [0, 0.1) is 5.92 Å². The van der Waals surface area contributed by atoms with Crippen LogP contribution in [0.1, 0.15) is 44.3 Å². The molecule has 2 heteroatoms. The Kier molecular flexibility index (Phi) is 3.84. The highest BCUT2D eigenvalue weighted by Gasteiger charge is 2.27. The van der Waals surface area contributed by atoms with E-state index in [2.05, 4.69) is 18.3 Å². The van der Waals surface area contributed by atoms with E-state index in [1.165, 1.54) is 31.4 Å². The second kappa shape index (κ2) is 5.36. The van der Waals surface area contributed by atoms with Gasteiger partial charge in [-0.1, -0.05) is 19.8 Å². The van der Waals surface area contributed by atoms with Gasteiger partial charge in [-0.25, -0.2) is 0 Å². The van der Waals surface area contributed by atoms with E-state index in [0.29, 0.717) is 5.92 Å². The summed E-state index contributed by atoms with van der Waals surface area (Å²) in [6.45, 7) is 4.38. The third-order valence-electron chi connectivity index (χ3n) is 3.47. The molecule has 1 aromatic heterocycles. The summed E-state index contributed by atoms with van der Waals surface area (Å²) in [5.74, 6) is 2.61. The fourth-order valence-electron chi connectivity index (χ4n) is 2.66. The van der Waals surface area contributed by atoms with Gasteiger partial charge < -0.3 is 9.73 Å². The largest absolute Gasteiger partial charge is 0.469 e. The van der Waals surface area contributed by atoms with Crippen molar-refractivity contribution in [3.63, 3.8) is 0 Å². The lowest BCUT2D eigenvalue weighted by molar-refractivity contribution is 0.265. The first-order valence-corrected chi connectivity index (χ1v) is 6.16. The summed E-state index contributed by atoms with van der Waals surface area (Å²) in [7, 11) is 0. The van der Waals surface area contributed by atoms with Crippen LogP contribution in [0.3, 0.4) is 0 Å². The molecule has 2 unspecified atom stereocenters. The number of hydrogen-bond acceptors (Lipinski definition) is 2. The molecule has 0 saturated heterocycles. The minimum atomic E-state index is 0.646. The summed E-state index contributed by atoms with van der Waals surface area (Å²) in [5, 5.41) is 3.47. The van der Waals surface area contributed by atoms with E-state index in [-0.39, 0.29) is 0 Å². The van der Waals surface area contributed by atoms with Crippen molar-refractivity contribution < 1.29 is 4.42 Å². The van der Waals surface area contributed by atoms with Gasteiger partial charge in [0.05, 0.1) is 6.26 Å². The predicted molar refractivity (Wildman–Crippen MR) is 62.0 cm³/mol. The summed E-state index contributed by atoms with van der Waals surface area (Å²) in [6, 6.07) is 4.14. The molecule has 84 valence electrons. The van der Waals surface area contributed by atoms with Crippen LogP contribution < -0.4 is 5.32 Å². The fraction of sp³-hybridized carbons (Fsp3) is 0.692. The standard InChI is InChI=1S/C13H21NO/c1-2-14-10-11-6-3-4-7-12(11)13-8-5-9-15-13/h5,8-9,11-12,14H,2-4,6-7,10H2,1H3. The van der Waals surface area contributed by atoms with E-state index >= 15 is 0 Å². The zero-order valence-corrected chi connectivity index (χ0v) is 9.54. The van der Waals surface area contributed by atoms with Crippen molar-refractivity contribution in [2.24, 2.45) is 5.92 Å². The van der Waals surface area contributed by atoms with Crippen molar-refractivity contribution in [2.75, 3.05) is 13.1 Å². The Morgan fingerprint density at radius 3 is 3.00 bits per heavy atom. The van der Waals surface area contributed by atoms with Crippen LogP contribution in [-0.4, -0.2) is 13.1 Å². The molecular formula is C13H21NO. The molecule has 0 amide bonds. The van der Waals surface area contributed by atoms with E-state index < -0.39 is 0 Å². The molecule has 1 heterocycles. The zero-order valence-electron chi connectivity index (χ0n) is 9.54. The Bertz CT molecular complexity index is 268. The summed E-state index contributed by atoms with van der Waals surface area (Å²) >= 11 is 0. The van der Waals surface area contributed by atoms with Crippen LogP contribution in [0.4, 0.5) is 0 Å². The van der Waals surface area contributed by atoms with Gasteiger partial charge in [0.1, 0.15) is 5.76 Å². The monoisotopic (exact) mass is 207 g/mol. The topological polar surface area (TPSA) is 25.2 Å². The highest BCUT2D eigenvalue weighted by atomic mass is 16.3. The van der Waals surface area contributed by atoms with Crippen LogP contribution in [0.25, 0.3) is 0 Å².